The summed E-state index contributed by atoms with van der Waals surface area (Å²) < 4.78 is 10.9. The standard InChI is InChI=1S/C13H23NO6/c1-3-4-5-6-19-13-10(14-8(2)16)12(18)11(17)9(7-15)20-13/h3,9-13,15,17-18H,1,4-7H2,2H3,(H,14,16)/t9-,10-,11-,12-,13?/m1/s1. The largest absolute Gasteiger partial charge is 0.394 e. The molecule has 0 aromatic carbocycles. The molecule has 1 saturated heterocycles. The average Bonchev–Trinajstić information content (AvgIpc) is 2.41. The summed E-state index contributed by atoms with van der Waals surface area (Å²) in [4.78, 5) is 11.2. The minimum absolute atomic E-state index is 0.355. The minimum Gasteiger partial charge on any atom is -0.394 e. The highest BCUT2D eigenvalue weighted by Gasteiger charge is 2.45. The zero-order valence-corrected chi connectivity index (χ0v) is 11.6. The second kappa shape index (κ2) is 8.33. The Labute approximate surface area is 118 Å². The molecule has 7 nitrogen and oxygen atoms in total. The number of rotatable bonds is 7. The maximum absolute atomic E-state index is 11.2. The summed E-state index contributed by atoms with van der Waals surface area (Å²) in [6, 6.07) is -0.881. The Morgan fingerprint density at radius 2 is 2.15 bits per heavy atom. The molecule has 0 spiro atoms. The molecule has 4 N–H and O–H groups in total. The van der Waals surface area contributed by atoms with E-state index in [0.717, 1.165) is 12.8 Å². The lowest BCUT2D eigenvalue weighted by Crippen LogP contribution is -2.64. The van der Waals surface area contributed by atoms with Gasteiger partial charge in [0.15, 0.2) is 6.29 Å². The van der Waals surface area contributed by atoms with Gasteiger partial charge in [0.2, 0.25) is 5.91 Å². The molecule has 0 radical (unpaired) electrons. The van der Waals surface area contributed by atoms with Gasteiger partial charge >= 0.3 is 0 Å². The van der Waals surface area contributed by atoms with E-state index in [9.17, 15) is 15.0 Å². The first kappa shape index (κ1) is 17.1. The Morgan fingerprint density at radius 3 is 2.70 bits per heavy atom. The van der Waals surface area contributed by atoms with Crippen molar-refractivity contribution in [2.75, 3.05) is 13.2 Å². The van der Waals surface area contributed by atoms with E-state index in [0.29, 0.717) is 6.61 Å². The van der Waals surface area contributed by atoms with Gasteiger partial charge in [0.25, 0.3) is 0 Å². The van der Waals surface area contributed by atoms with E-state index in [1.807, 2.05) is 0 Å². The molecule has 0 aromatic heterocycles. The molecule has 0 bridgehead atoms. The van der Waals surface area contributed by atoms with Crippen LogP contribution in [-0.2, 0) is 14.3 Å². The van der Waals surface area contributed by atoms with Crippen molar-refractivity contribution in [3.63, 3.8) is 0 Å². The maximum Gasteiger partial charge on any atom is 0.217 e. The smallest absolute Gasteiger partial charge is 0.217 e. The van der Waals surface area contributed by atoms with Gasteiger partial charge in [-0.2, -0.15) is 0 Å². The van der Waals surface area contributed by atoms with E-state index in [1.54, 1.807) is 6.08 Å². The molecule has 1 unspecified atom stereocenters. The van der Waals surface area contributed by atoms with E-state index in [1.165, 1.54) is 6.92 Å². The van der Waals surface area contributed by atoms with Crippen LogP contribution in [0.25, 0.3) is 0 Å². The van der Waals surface area contributed by atoms with Gasteiger partial charge in [-0.3, -0.25) is 4.79 Å². The molecular formula is C13H23NO6. The molecular weight excluding hydrogens is 266 g/mol. The van der Waals surface area contributed by atoms with E-state index in [-0.39, 0.29) is 5.91 Å². The number of nitrogens with one attached hydrogen (secondary N) is 1. The number of hydrogen-bond acceptors (Lipinski definition) is 6. The summed E-state index contributed by atoms with van der Waals surface area (Å²) in [5, 5.41) is 31.4. The van der Waals surface area contributed by atoms with Crippen molar-refractivity contribution in [1.82, 2.24) is 5.32 Å². The summed E-state index contributed by atoms with van der Waals surface area (Å²) in [5.41, 5.74) is 0. The van der Waals surface area contributed by atoms with Crippen molar-refractivity contribution >= 4 is 5.91 Å². The molecule has 1 rings (SSSR count). The summed E-state index contributed by atoms with van der Waals surface area (Å²) >= 11 is 0. The zero-order chi connectivity index (χ0) is 15.1. The van der Waals surface area contributed by atoms with Gasteiger partial charge in [-0.25, -0.2) is 0 Å². The number of carbonyl (C=O) groups excluding carboxylic acids is 1. The van der Waals surface area contributed by atoms with E-state index in [4.69, 9.17) is 14.6 Å². The lowest BCUT2D eigenvalue weighted by atomic mass is 9.97. The summed E-state index contributed by atoms with van der Waals surface area (Å²) in [5.74, 6) is -0.369. The predicted octanol–water partition coefficient (Wildman–Crippen LogP) is -1.09. The fourth-order valence-electron chi connectivity index (χ4n) is 2.04. The van der Waals surface area contributed by atoms with Crippen LogP contribution in [0.15, 0.2) is 12.7 Å². The molecule has 7 heteroatoms. The Balaban J connectivity index is 2.67. The molecule has 1 amide bonds. The number of ether oxygens (including phenoxy) is 2. The number of allylic oxidation sites excluding steroid dienone is 1. The minimum atomic E-state index is -1.29. The Bertz CT molecular complexity index is 324. The Morgan fingerprint density at radius 1 is 1.45 bits per heavy atom. The lowest BCUT2D eigenvalue weighted by Gasteiger charge is -2.42. The monoisotopic (exact) mass is 289 g/mol. The van der Waals surface area contributed by atoms with Gasteiger partial charge in [-0.1, -0.05) is 6.08 Å². The summed E-state index contributed by atoms with van der Waals surface area (Å²) in [6.07, 6.45) is -1.17. The maximum atomic E-state index is 11.2. The first-order chi connectivity index (χ1) is 9.51. The predicted molar refractivity (Wildman–Crippen MR) is 70.7 cm³/mol. The molecule has 1 aliphatic heterocycles. The van der Waals surface area contributed by atoms with Crippen LogP contribution in [0.3, 0.4) is 0 Å². The fraction of sp³-hybridized carbons (Fsp3) is 0.769. The Hall–Kier alpha value is -0.990. The third kappa shape index (κ3) is 4.53. The van der Waals surface area contributed by atoms with Gasteiger partial charge in [0, 0.05) is 6.92 Å². The fourth-order valence-corrected chi connectivity index (χ4v) is 2.04. The number of carbonyl (C=O) groups is 1. The molecule has 116 valence electrons. The van der Waals surface area contributed by atoms with Crippen LogP contribution in [0.1, 0.15) is 19.8 Å². The molecule has 5 atom stereocenters. The molecule has 0 saturated carbocycles. The molecule has 0 aromatic rings. The van der Waals surface area contributed by atoms with Crippen molar-refractivity contribution < 1.29 is 29.6 Å². The number of amides is 1. The van der Waals surface area contributed by atoms with Gasteiger partial charge < -0.3 is 30.1 Å². The third-order valence-electron chi connectivity index (χ3n) is 3.09. The molecule has 1 aliphatic rings. The summed E-state index contributed by atoms with van der Waals surface area (Å²) in [6.45, 7) is 4.80. The average molecular weight is 289 g/mol. The van der Waals surface area contributed by atoms with Gasteiger partial charge in [0.1, 0.15) is 24.4 Å². The Kier molecular flexibility index (Phi) is 7.11. The molecule has 1 fully saturated rings. The van der Waals surface area contributed by atoms with Crippen molar-refractivity contribution in [1.29, 1.82) is 0 Å². The SMILES string of the molecule is C=CCCCOC1O[C@H](CO)[C@@H](O)[C@H](O)[C@H]1NC(C)=O. The van der Waals surface area contributed by atoms with Crippen LogP contribution in [0.5, 0.6) is 0 Å². The molecule has 20 heavy (non-hydrogen) atoms. The number of hydrogen-bond donors (Lipinski definition) is 4. The van der Waals surface area contributed by atoms with Crippen molar-refractivity contribution in [3.05, 3.63) is 12.7 Å². The second-order valence-electron chi connectivity index (χ2n) is 4.73. The molecule has 1 heterocycles. The van der Waals surface area contributed by atoms with Crippen LogP contribution in [0.2, 0.25) is 0 Å². The van der Waals surface area contributed by atoms with Gasteiger partial charge in [0.05, 0.1) is 13.2 Å². The van der Waals surface area contributed by atoms with Crippen molar-refractivity contribution in [3.8, 4) is 0 Å². The van der Waals surface area contributed by atoms with Crippen LogP contribution in [0, 0.1) is 0 Å². The van der Waals surface area contributed by atoms with E-state index in [2.05, 4.69) is 11.9 Å². The highest BCUT2D eigenvalue weighted by molar-refractivity contribution is 5.73. The van der Waals surface area contributed by atoms with Gasteiger partial charge in [-0.05, 0) is 12.8 Å². The van der Waals surface area contributed by atoms with Crippen LogP contribution in [0.4, 0.5) is 0 Å². The van der Waals surface area contributed by atoms with Crippen molar-refractivity contribution in [2.45, 2.75) is 50.4 Å². The normalized spacial score (nSPS) is 33.7. The third-order valence-corrected chi connectivity index (χ3v) is 3.09. The molecule has 0 aliphatic carbocycles. The highest BCUT2D eigenvalue weighted by Crippen LogP contribution is 2.22. The number of aliphatic hydroxyl groups excluding tert-OH is 3. The van der Waals surface area contributed by atoms with Crippen molar-refractivity contribution in [2.24, 2.45) is 0 Å². The van der Waals surface area contributed by atoms with E-state index >= 15 is 0 Å². The quantitative estimate of drug-likeness (QED) is 0.350. The summed E-state index contributed by atoms with van der Waals surface area (Å²) in [7, 11) is 0. The lowest BCUT2D eigenvalue weighted by molar-refractivity contribution is -0.270. The van der Waals surface area contributed by atoms with Crippen LogP contribution < -0.4 is 5.32 Å². The number of unbranched alkanes of at least 4 members (excludes halogenated alkanes) is 1. The topological polar surface area (TPSA) is 108 Å². The number of aliphatic hydroxyl groups is 3. The highest BCUT2D eigenvalue weighted by atomic mass is 16.7. The van der Waals surface area contributed by atoms with Crippen LogP contribution in [-0.4, -0.2) is 65.1 Å². The second-order valence-corrected chi connectivity index (χ2v) is 4.73. The first-order valence-electron chi connectivity index (χ1n) is 6.63. The van der Waals surface area contributed by atoms with Crippen LogP contribution >= 0.6 is 0 Å². The van der Waals surface area contributed by atoms with Gasteiger partial charge in [-0.15, -0.1) is 6.58 Å². The first-order valence-corrected chi connectivity index (χ1v) is 6.63. The zero-order valence-electron chi connectivity index (χ0n) is 11.6. The van der Waals surface area contributed by atoms with E-state index < -0.39 is 37.3 Å².